The first kappa shape index (κ1) is 20.0. The molecule has 0 aliphatic carbocycles. The van der Waals surface area contributed by atoms with Crippen molar-refractivity contribution in [3.63, 3.8) is 0 Å². The molecule has 0 fully saturated rings. The van der Waals surface area contributed by atoms with Crippen LogP contribution in [0.1, 0.15) is 21.7 Å². The summed E-state index contributed by atoms with van der Waals surface area (Å²) in [5, 5.41) is 10.6. The van der Waals surface area contributed by atoms with Gasteiger partial charge >= 0.3 is 0 Å². The number of amides is 1. The van der Waals surface area contributed by atoms with E-state index < -0.39 is 0 Å². The highest BCUT2D eigenvalue weighted by Gasteiger charge is 2.18. The number of H-pyrrole nitrogens is 1. The van der Waals surface area contributed by atoms with Crippen LogP contribution in [0.25, 0.3) is 10.7 Å². The fourth-order valence-corrected chi connectivity index (χ4v) is 4.31. The Balaban J connectivity index is 1.56. The standard InChI is InChI=1S/C21H20N6OS2/c1-3-11-27-18(24-25-21(27)29)17-14(2)22-20(30-17)23-19(28)16-10-7-12-26(16)13-15-8-5-4-6-9-15/h3-10,12H,1,11,13H2,2H3,(H,25,29)(H,22,23,28). The number of aromatic amines is 1. The van der Waals surface area contributed by atoms with Crippen molar-refractivity contribution in [2.24, 2.45) is 0 Å². The molecule has 0 aliphatic heterocycles. The molecule has 4 rings (SSSR count). The smallest absolute Gasteiger partial charge is 0.274 e. The highest BCUT2D eigenvalue weighted by molar-refractivity contribution is 7.71. The monoisotopic (exact) mass is 436 g/mol. The second-order valence-corrected chi connectivity index (χ2v) is 8.03. The molecule has 0 saturated carbocycles. The van der Waals surface area contributed by atoms with Gasteiger partial charge in [0.25, 0.3) is 5.91 Å². The molecule has 0 aliphatic rings. The number of aromatic nitrogens is 5. The summed E-state index contributed by atoms with van der Waals surface area (Å²) < 4.78 is 4.28. The second kappa shape index (κ2) is 8.60. The van der Waals surface area contributed by atoms with Gasteiger partial charge in [0.05, 0.1) is 10.6 Å². The summed E-state index contributed by atoms with van der Waals surface area (Å²) in [5.41, 5.74) is 2.47. The van der Waals surface area contributed by atoms with Crippen molar-refractivity contribution in [1.82, 2.24) is 24.3 Å². The zero-order chi connectivity index (χ0) is 21.1. The number of carbonyl (C=O) groups is 1. The van der Waals surface area contributed by atoms with Crippen LogP contribution in [0.2, 0.25) is 0 Å². The van der Waals surface area contributed by atoms with Crippen molar-refractivity contribution in [2.75, 3.05) is 5.32 Å². The summed E-state index contributed by atoms with van der Waals surface area (Å²) in [6, 6.07) is 13.7. The number of nitrogens with one attached hydrogen (secondary N) is 2. The van der Waals surface area contributed by atoms with E-state index in [0.717, 1.165) is 16.1 Å². The van der Waals surface area contributed by atoms with Gasteiger partial charge in [-0.2, -0.15) is 5.10 Å². The van der Waals surface area contributed by atoms with E-state index in [1.54, 1.807) is 12.1 Å². The first-order valence-corrected chi connectivity index (χ1v) is 10.5. The van der Waals surface area contributed by atoms with Gasteiger partial charge in [0.1, 0.15) is 5.69 Å². The third-order valence-electron chi connectivity index (χ3n) is 4.55. The van der Waals surface area contributed by atoms with E-state index in [0.29, 0.717) is 34.5 Å². The van der Waals surface area contributed by atoms with Gasteiger partial charge in [0, 0.05) is 19.3 Å². The number of hydrogen-bond acceptors (Lipinski definition) is 5. The summed E-state index contributed by atoms with van der Waals surface area (Å²) in [5.74, 6) is 0.476. The number of aryl methyl sites for hydroxylation is 1. The molecule has 0 unspecified atom stereocenters. The second-order valence-electron chi connectivity index (χ2n) is 6.65. The summed E-state index contributed by atoms with van der Waals surface area (Å²) in [4.78, 5) is 18.3. The van der Waals surface area contributed by atoms with Crippen LogP contribution in [0.3, 0.4) is 0 Å². The zero-order valence-corrected chi connectivity index (χ0v) is 18.0. The van der Waals surface area contributed by atoms with E-state index in [-0.39, 0.29) is 5.91 Å². The minimum atomic E-state index is -0.207. The van der Waals surface area contributed by atoms with Gasteiger partial charge in [-0.15, -0.1) is 6.58 Å². The van der Waals surface area contributed by atoms with Gasteiger partial charge in [0.2, 0.25) is 0 Å². The topological polar surface area (TPSA) is 80.5 Å². The summed E-state index contributed by atoms with van der Waals surface area (Å²) in [7, 11) is 0. The normalized spacial score (nSPS) is 10.8. The van der Waals surface area contributed by atoms with Gasteiger partial charge in [-0.1, -0.05) is 47.7 Å². The fraction of sp³-hybridized carbons (Fsp3) is 0.143. The van der Waals surface area contributed by atoms with Gasteiger partial charge in [0.15, 0.2) is 15.7 Å². The minimum Gasteiger partial charge on any atom is -0.339 e. The van der Waals surface area contributed by atoms with E-state index in [2.05, 4.69) is 27.1 Å². The van der Waals surface area contributed by atoms with Gasteiger partial charge in [-0.05, 0) is 36.8 Å². The SMILES string of the molecule is C=CCn1c(-c2sc(NC(=O)c3cccn3Cc3ccccc3)nc2C)n[nH]c1=S. The molecule has 1 aromatic carbocycles. The Kier molecular flexibility index (Phi) is 5.73. The molecule has 7 nitrogen and oxygen atoms in total. The van der Waals surface area contributed by atoms with Crippen LogP contribution in [0, 0.1) is 11.7 Å². The van der Waals surface area contributed by atoms with E-state index in [4.69, 9.17) is 12.2 Å². The van der Waals surface area contributed by atoms with Crippen LogP contribution < -0.4 is 5.32 Å². The lowest BCUT2D eigenvalue weighted by atomic mass is 10.2. The predicted molar refractivity (Wildman–Crippen MR) is 121 cm³/mol. The van der Waals surface area contributed by atoms with Gasteiger partial charge in [-0.3, -0.25) is 19.8 Å². The Bertz CT molecular complexity index is 1250. The molecular weight excluding hydrogens is 416 g/mol. The summed E-state index contributed by atoms with van der Waals surface area (Å²) >= 11 is 6.65. The number of rotatable bonds is 7. The maximum absolute atomic E-state index is 12.9. The Labute approximate surface area is 182 Å². The Morgan fingerprint density at radius 1 is 1.30 bits per heavy atom. The maximum Gasteiger partial charge on any atom is 0.274 e. The largest absolute Gasteiger partial charge is 0.339 e. The Morgan fingerprint density at radius 3 is 2.87 bits per heavy atom. The average Bonchev–Trinajstić information content (AvgIpc) is 3.43. The molecule has 3 aromatic heterocycles. The van der Waals surface area contributed by atoms with Crippen molar-refractivity contribution in [3.05, 3.63) is 83.0 Å². The molecule has 0 spiro atoms. The fourth-order valence-electron chi connectivity index (χ4n) is 3.15. The number of nitrogens with zero attached hydrogens (tertiary/aromatic N) is 4. The Hall–Kier alpha value is -3.30. The van der Waals surface area contributed by atoms with Crippen molar-refractivity contribution in [1.29, 1.82) is 0 Å². The quantitative estimate of drug-likeness (QED) is 0.326. The number of carbonyl (C=O) groups excluding carboxylic acids is 1. The molecule has 0 saturated heterocycles. The van der Waals surface area contributed by atoms with Gasteiger partial charge < -0.3 is 4.57 Å². The summed E-state index contributed by atoms with van der Waals surface area (Å²) in [6.07, 6.45) is 3.66. The van der Waals surface area contributed by atoms with Crippen LogP contribution in [0.4, 0.5) is 5.13 Å². The first-order valence-electron chi connectivity index (χ1n) is 9.31. The summed E-state index contributed by atoms with van der Waals surface area (Å²) in [6.45, 7) is 6.81. The van der Waals surface area contributed by atoms with Crippen molar-refractivity contribution < 1.29 is 4.79 Å². The van der Waals surface area contributed by atoms with Crippen LogP contribution in [-0.2, 0) is 13.1 Å². The molecule has 9 heteroatoms. The van der Waals surface area contributed by atoms with Crippen molar-refractivity contribution in [2.45, 2.75) is 20.0 Å². The number of hydrogen-bond donors (Lipinski definition) is 2. The molecular formula is C21H20N6OS2. The van der Waals surface area contributed by atoms with Crippen LogP contribution in [0.15, 0.2) is 61.3 Å². The highest BCUT2D eigenvalue weighted by atomic mass is 32.1. The van der Waals surface area contributed by atoms with Crippen LogP contribution in [0.5, 0.6) is 0 Å². The van der Waals surface area contributed by atoms with Crippen LogP contribution >= 0.6 is 23.6 Å². The number of benzene rings is 1. The maximum atomic E-state index is 12.9. The van der Waals surface area contributed by atoms with Crippen molar-refractivity contribution in [3.8, 4) is 10.7 Å². The number of thiazole rings is 1. The van der Waals surface area contributed by atoms with E-state index in [1.165, 1.54) is 11.3 Å². The van der Waals surface area contributed by atoms with Crippen LogP contribution in [-0.4, -0.2) is 30.2 Å². The van der Waals surface area contributed by atoms with E-state index in [1.807, 2.05) is 58.7 Å². The molecule has 1 amide bonds. The third-order valence-corrected chi connectivity index (χ3v) is 5.93. The molecule has 4 aromatic rings. The lowest BCUT2D eigenvalue weighted by molar-refractivity contribution is 0.101. The van der Waals surface area contributed by atoms with Crippen molar-refractivity contribution >= 4 is 34.6 Å². The minimum absolute atomic E-state index is 0.207. The van der Waals surface area contributed by atoms with Gasteiger partial charge in [-0.25, -0.2) is 4.98 Å². The number of allylic oxidation sites excluding steroid dienone is 1. The molecule has 2 N–H and O–H groups in total. The first-order chi connectivity index (χ1) is 14.6. The van der Waals surface area contributed by atoms with E-state index in [9.17, 15) is 4.79 Å². The molecule has 152 valence electrons. The molecule has 3 heterocycles. The third kappa shape index (κ3) is 4.03. The molecule has 0 bridgehead atoms. The molecule has 0 radical (unpaired) electrons. The molecule has 0 atom stereocenters. The molecule has 30 heavy (non-hydrogen) atoms. The average molecular weight is 437 g/mol. The predicted octanol–water partition coefficient (Wildman–Crippen LogP) is 4.66. The number of anilines is 1. The Morgan fingerprint density at radius 2 is 2.10 bits per heavy atom. The van der Waals surface area contributed by atoms with E-state index >= 15 is 0 Å². The lowest BCUT2D eigenvalue weighted by Gasteiger charge is -2.08. The lowest BCUT2D eigenvalue weighted by Crippen LogP contribution is -2.17. The zero-order valence-electron chi connectivity index (χ0n) is 16.3. The highest BCUT2D eigenvalue weighted by Crippen LogP contribution is 2.32.